The van der Waals surface area contributed by atoms with Gasteiger partial charge in [-0.3, -0.25) is 4.79 Å². The number of fused-ring (bicyclic) bond motifs is 2. The molecule has 2 fully saturated rings. The highest BCUT2D eigenvalue weighted by atomic mass is 16.1. The van der Waals surface area contributed by atoms with Crippen LogP contribution >= 0.6 is 0 Å². The number of piperidine rings is 2. The molecule has 0 aliphatic carbocycles. The lowest BCUT2D eigenvalue weighted by molar-refractivity contribution is -0.121. The Bertz CT molecular complexity index is 294. The highest BCUT2D eigenvalue weighted by Crippen LogP contribution is 2.32. The summed E-state index contributed by atoms with van der Waals surface area (Å²) in [4.78, 5) is 14.3. The molecule has 2 saturated heterocycles. The number of hydrogen-bond donors (Lipinski definition) is 2. The molecule has 2 N–H and O–H groups in total. The lowest BCUT2D eigenvalue weighted by Gasteiger charge is -2.47. The predicted molar refractivity (Wildman–Crippen MR) is 78.1 cm³/mol. The minimum absolute atomic E-state index is 0.137. The number of rotatable bonds is 5. The fourth-order valence-electron chi connectivity index (χ4n) is 3.45. The van der Waals surface area contributed by atoms with Crippen LogP contribution in [0.5, 0.6) is 0 Å². The number of amides is 1. The average Bonchev–Trinajstić information content (AvgIpc) is 2.36. The maximum Gasteiger partial charge on any atom is 0.234 e. The van der Waals surface area contributed by atoms with Crippen LogP contribution in [0, 0.1) is 0 Å². The second-order valence-corrected chi connectivity index (χ2v) is 6.33. The third-order valence-electron chi connectivity index (χ3n) is 4.91. The summed E-state index contributed by atoms with van der Waals surface area (Å²) >= 11 is 0. The predicted octanol–water partition coefficient (Wildman–Crippen LogP) is 1.51. The zero-order valence-corrected chi connectivity index (χ0v) is 12.6. The zero-order valence-electron chi connectivity index (χ0n) is 12.6. The van der Waals surface area contributed by atoms with Gasteiger partial charge in [-0.05, 0) is 46.1 Å². The van der Waals surface area contributed by atoms with Crippen molar-refractivity contribution in [3.63, 3.8) is 0 Å². The lowest BCUT2D eigenvalue weighted by atomic mass is 9.82. The molecule has 1 amide bonds. The number of nitrogens with one attached hydrogen (secondary N) is 2. The van der Waals surface area contributed by atoms with Crippen LogP contribution in [0.3, 0.4) is 0 Å². The van der Waals surface area contributed by atoms with Crippen molar-refractivity contribution < 1.29 is 4.79 Å². The summed E-state index contributed by atoms with van der Waals surface area (Å²) in [7, 11) is 2.26. The molecule has 19 heavy (non-hydrogen) atoms. The molecule has 0 saturated carbocycles. The first-order valence-corrected chi connectivity index (χ1v) is 7.84. The van der Waals surface area contributed by atoms with Gasteiger partial charge >= 0.3 is 0 Å². The van der Waals surface area contributed by atoms with Crippen molar-refractivity contribution in [1.82, 2.24) is 15.5 Å². The van der Waals surface area contributed by atoms with Crippen molar-refractivity contribution >= 4 is 5.91 Å². The summed E-state index contributed by atoms with van der Waals surface area (Å²) in [5.41, 5.74) is 0. The van der Waals surface area contributed by atoms with Gasteiger partial charge < -0.3 is 15.5 Å². The van der Waals surface area contributed by atoms with E-state index in [0.29, 0.717) is 12.6 Å². The Labute approximate surface area is 117 Å². The van der Waals surface area contributed by atoms with E-state index < -0.39 is 0 Å². The minimum Gasteiger partial charge on any atom is -0.353 e. The Morgan fingerprint density at radius 2 is 1.95 bits per heavy atom. The summed E-state index contributed by atoms with van der Waals surface area (Å²) in [5.74, 6) is 0.137. The Morgan fingerprint density at radius 3 is 2.53 bits per heavy atom. The smallest absolute Gasteiger partial charge is 0.234 e. The minimum atomic E-state index is 0.137. The van der Waals surface area contributed by atoms with Crippen LogP contribution in [0.1, 0.15) is 52.4 Å². The van der Waals surface area contributed by atoms with Gasteiger partial charge in [-0.2, -0.15) is 0 Å². The van der Waals surface area contributed by atoms with Crippen LogP contribution in [0.15, 0.2) is 0 Å². The van der Waals surface area contributed by atoms with E-state index in [1.807, 2.05) is 0 Å². The largest absolute Gasteiger partial charge is 0.353 e. The van der Waals surface area contributed by atoms with E-state index in [-0.39, 0.29) is 11.9 Å². The van der Waals surface area contributed by atoms with E-state index >= 15 is 0 Å². The van der Waals surface area contributed by atoms with Gasteiger partial charge in [0.05, 0.1) is 6.54 Å². The molecular weight excluding hydrogens is 238 g/mol. The van der Waals surface area contributed by atoms with E-state index in [4.69, 9.17) is 0 Å². The lowest BCUT2D eigenvalue weighted by Crippen LogP contribution is -2.55. The molecule has 0 aromatic carbocycles. The molecule has 3 atom stereocenters. The molecule has 0 aromatic rings. The van der Waals surface area contributed by atoms with Gasteiger partial charge in [0, 0.05) is 24.2 Å². The topological polar surface area (TPSA) is 44.4 Å². The van der Waals surface area contributed by atoms with E-state index in [1.54, 1.807) is 0 Å². The van der Waals surface area contributed by atoms with Gasteiger partial charge in [0.25, 0.3) is 0 Å². The molecule has 0 spiro atoms. The van der Waals surface area contributed by atoms with Crippen LogP contribution in [-0.4, -0.2) is 48.6 Å². The number of carbonyl (C=O) groups is 1. The third kappa shape index (κ3) is 3.93. The molecule has 2 aliphatic heterocycles. The quantitative estimate of drug-likeness (QED) is 0.793. The summed E-state index contributed by atoms with van der Waals surface area (Å²) in [6.45, 7) is 4.62. The molecule has 2 aliphatic rings. The van der Waals surface area contributed by atoms with Crippen molar-refractivity contribution in [2.75, 3.05) is 13.6 Å². The molecule has 110 valence electrons. The molecular formula is C15H29N3O. The molecule has 2 heterocycles. The molecule has 4 heteroatoms. The Hall–Kier alpha value is -0.610. The maximum absolute atomic E-state index is 11.8. The van der Waals surface area contributed by atoms with Gasteiger partial charge in [0.2, 0.25) is 5.91 Å². The van der Waals surface area contributed by atoms with Crippen LogP contribution in [0.25, 0.3) is 0 Å². The van der Waals surface area contributed by atoms with Crippen molar-refractivity contribution in [1.29, 1.82) is 0 Å². The van der Waals surface area contributed by atoms with Crippen LogP contribution in [-0.2, 0) is 4.79 Å². The third-order valence-corrected chi connectivity index (χ3v) is 4.91. The Kier molecular flexibility index (Phi) is 5.22. The van der Waals surface area contributed by atoms with Crippen molar-refractivity contribution in [2.45, 2.75) is 76.5 Å². The Balaban J connectivity index is 1.73. The first kappa shape index (κ1) is 14.8. The van der Waals surface area contributed by atoms with Gasteiger partial charge in [0.1, 0.15) is 0 Å². The standard InChI is InChI=1S/C15H29N3O/c1-4-11(2)17-15(19)10-16-12-8-13-6-5-7-14(9-12)18(13)3/h11-14,16H,4-10H2,1-3H3,(H,17,19). The highest BCUT2D eigenvalue weighted by molar-refractivity contribution is 5.78. The molecule has 4 nitrogen and oxygen atoms in total. The normalized spacial score (nSPS) is 32.9. The number of carbonyl (C=O) groups excluding carboxylic acids is 1. The van der Waals surface area contributed by atoms with E-state index in [0.717, 1.165) is 18.5 Å². The first-order chi connectivity index (χ1) is 9.10. The second kappa shape index (κ2) is 6.71. The fraction of sp³-hybridized carbons (Fsp3) is 0.933. The summed E-state index contributed by atoms with van der Waals surface area (Å²) in [6.07, 6.45) is 7.41. The summed E-state index contributed by atoms with van der Waals surface area (Å²) in [6, 6.07) is 2.26. The van der Waals surface area contributed by atoms with Crippen LogP contribution in [0.4, 0.5) is 0 Å². The van der Waals surface area contributed by atoms with Gasteiger partial charge in [-0.1, -0.05) is 13.3 Å². The van der Waals surface area contributed by atoms with E-state index in [1.165, 1.54) is 32.1 Å². The van der Waals surface area contributed by atoms with Gasteiger partial charge in [0.15, 0.2) is 0 Å². The van der Waals surface area contributed by atoms with Gasteiger partial charge in [-0.25, -0.2) is 0 Å². The van der Waals surface area contributed by atoms with Gasteiger partial charge in [-0.15, -0.1) is 0 Å². The SMILES string of the molecule is CCC(C)NC(=O)CNC1CC2CCCC(C1)N2C. The van der Waals surface area contributed by atoms with Crippen LogP contribution < -0.4 is 10.6 Å². The van der Waals surface area contributed by atoms with Crippen molar-refractivity contribution in [3.05, 3.63) is 0 Å². The molecule has 0 radical (unpaired) electrons. The number of hydrogen-bond acceptors (Lipinski definition) is 3. The molecule has 2 rings (SSSR count). The Morgan fingerprint density at radius 1 is 1.32 bits per heavy atom. The molecule has 0 aromatic heterocycles. The average molecular weight is 267 g/mol. The second-order valence-electron chi connectivity index (χ2n) is 6.33. The monoisotopic (exact) mass is 267 g/mol. The van der Waals surface area contributed by atoms with Crippen LogP contribution in [0.2, 0.25) is 0 Å². The van der Waals surface area contributed by atoms with Crippen molar-refractivity contribution in [2.24, 2.45) is 0 Å². The maximum atomic E-state index is 11.8. The highest BCUT2D eigenvalue weighted by Gasteiger charge is 2.35. The van der Waals surface area contributed by atoms with E-state index in [9.17, 15) is 4.79 Å². The number of nitrogens with zero attached hydrogens (tertiary/aromatic N) is 1. The molecule has 3 unspecified atom stereocenters. The fourth-order valence-corrected chi connectivity index (χ4v) is 3.45. The zero-order chi connectivity index (χ0) is 13.8. The summed E-state index contributed by atoms with van der Waals surface area (Å²) in [5, 5.41) is 6.48. The first-order valence-electron chi connectivity index (χ1n) is 7.84. The van der Waals surface area contributed by atoms with Crippen molar-refractivity contribution in [3.8, 4) is 0 Å². The van der Waals surface area contributed by atoms with E-state index in [2.05, 4.69) is 36.4 Å². The summed E-state index contributed by atoms with van der Waals surface area (Å²) < 4.78 is 0. The molecule has 2 bridgehead atoms.